The lowest BCUT2D eigenvalue weighted by molar-refractivity contribution is -0.122. The Labute approximate surface area is 163 Å². The van der Waals surface area contributed by atoms with Crippen LogP contribution in [0.2, 0.25) is 0 Å². The van der Waals surface area contributed by atoms with Gasteiger partial charge in [0.25, 0.3) is 0 Å². The molecule has 0 aromatic rings. The molecule has 0 unspecified atom stereocenters. The van der Waals surface area contributed by atoms with Gasteiger partial charge >= 0.3 is 0 Å². The van der Waals surface area contributed by atoms with Crippen molar-refractivity contribution in [3.8, 4) is 0 Å². The molecule has 0 aliphatic carbocycles. The lowest BCUT2D eigenvalue weighted by Crippen LogP contribution is -2.40. The van der Waals surface area contributed by atoms with Crippen LogP contribution in [0.15, 0.2) is 0 Å². The number of rotatable bonds is 20. The minimum absolute atomic E-state index is 0.00304. The van der Waals surface area contributed by atoms with Crippen molar-refractivity contribution in [3.05, 3.63) is 0 Å². The molecule has 0 saturated heterocycles. The molecule has 0 aromatic carbocycles. The van der Waals surface area contributed by atoms with E-state index in [4.69, 9.17) is 11.5 Å². The first-order valence-corrected chi connectivity index (χ1v) is 11.5. The van der Waals surface area contributed by atoms with Crippen LogP contribution in [-0.4, -0.2) is 25.0 Å². The molecule has 0 aromatic heterocycles. The first kappa shape index (κ1) is 25.4. The Hall–Kier alpha value is -0.610. The highest BCUT2D eigenvalue weighted by Crippen LogP contribution is 2.12. The molecule has 0 radical (unpaired) electrons. The number of nitrogens with two attached hydrogens (primary N) is 2. The Morgan fingerprint density at radius 1 is 0.731 bits per heavy atom. The van der Waals surface area contributed by atoms with Gasteiger partial charge in [0.1, 0.15) is 0 Å². The van der Waals surface area contributed by atoms with Crippen LogP contribution in [0.3, 0.4) is 0 Å². The Balaban J connectivity index is 3.20. The quantitative estimate of drug-likeness (QED) is 0.263. The van der Waals surface area contributed by atoms with Crippen molar-refractivity contribution < 1.29 is 4.79 Å². The van der Waals surface area contributed by atoms with Crippen molar-refractivity contribution in [2.75, 3.05) is 13.1 Å². The van der Waals surface area contributed by atoms with Gasteiger partial charge < -0.3 is 16.8 Å². The van der Waals surface area contributed by atoms with Gasteiger partial charge in [0, 0.05) is 6.54 Å². The highest BCUT2D eigenvalue weighted by molar-refractivity contribution is 5.81. The van der Waals surface area contributed by atoms with E-state index in [2.05, 4.69) is 12.2 Å². The van der Waals surface area contributed by atoms with E-state index in [-0.39, 0.29) is 11.9 Å². The fraction of sp³-hybridized carbons (Fsp3) is 0.955. The van der Waals surface area contributed by atoms with Crippen LogP contribution in [0.4, 0.5) is 0 Å². The number of hydrogen-bond acceptors (Lipinski definition) is 3. The Kier molecular flexibility index (Phi) is 20.2. The van der Waals surface area contributed by atoms with E-state index in [1.807, 2.05) is 0 Å². The molecule has 0 aliphatic heterocycles. The van der Waals surface area contributed by atoms with E-state index in [1.165, 1.54) is 83.5 Å². The van der Waals surface area contributed by atoms with Gasteiger partial charge in [-0.25, -0.2) is 0 Å². The zero-order chi connectivity index (χ0) is 19.3. The largest absolute Gasteiger partial charge is 0.355 e. The molecule has 0 spiro atoms. The molecular weight excluding hydrogens is 322 g/mol. The maximum absolute atomic E-state index is 11.8. The molecule has 156 valence electrons. The van der Waals surface area contributed by atoms with E-state index in [0.717, 1.165) is 32.2 Å². The summed E-state index contributed by atoms with van der Waals surface area (Å²) in [4.78, 5) is 11.8. The number of unbranched alkanes of at least 4 members (excludes halogenated alkanes) is 14. The average Bonchev–Trinajstić information content (AvgIpc) is 2.64. The van der Waals surface area contributed by atoms with Crippen LogP contribution >= 0.6 is 0 Å². The molecule has 0 saturated carbocycles. The summed E-state index contributed by atoms with van der Waals surface area (Å²) in [5.41, 5.74) is 11.3. The maximum atomic E-state index is 11.8. The van der Waals surface area contributed by atoms with Crippen LogP contribution in [0.1, 0.15) is 116 Å². The molecule has 0 fully saturated rings. The van der Waals surface area contributed by atoms with E-state index >= 15 is 0 Å². The Morgan fingerprint density at radius 2 is 1.19 bits per heavy atom. The third-order valence-electron chi connectivity index (χ3n) is 5.14. The van der Waals surface area contributed by atoms with Crippen LogP contribution in [0.25, 0.3) is 0 Å². The summed E-state index contributed by atoms with van der Waals surface area (Å²) in [7, 11) is 0. The van der Waals surface area contributed by atoms with Gasteiger partial charge in [-0.15, -0.1) is 0 Å². The van der Waals surface area contributed by atoms with Crippen LogP contribution in [-0.2, 0) is 4.79 Å². The predicted molar refractivity (Wildman–Crippen MR) is 114 cm³/mol. The third kappa shape index (κ3) is 18.2. The molecule has 0 aliphatic rings. The molecule has 1 atom stereocenters. The number of amides is 1. The molecule has 0 bridgehead atoms. The SMILES string of the molecule is CCCCCCCCCCCCCCCCNC(=O)[C@@H](N)CCCCN. The van der Waals surface area contributed by atoms with E-state index in [1.54, 1.807) is 0 Å². The fourth-order valence-electron chi connectivity index (χ4n) is 3.30. The van der Waals surface area contributed by atoms with E-state index < -0.39 is 0 Å². The summed E-state index contributed by atoms with van der Waals surface area (Å²) in [5.74, 6) is -0.00304. The van der Waals surface area contributed by atoms with Gasteiger partial charge in [0.05, 0.1) is 6.04 Å². The van der Waals surface area contributed by atoms with Crippen LogP contribution < -0.4 is 16.8 Å². The van der Waals surface area contributed by atoms with Gasteiger partial charge in [0.2, 0.25) is 5.91 Å². The molecule has 4 nitrogen and oxygen atoms in total. The third-order valence-corrected chi connectivity index (χ3v) is 5.14. The number of nitrogens with one attached hydrogen (secondary N) is 1. The van der Waals surface area contributed by atoms with Gasteiger partial charge in [-0.2, -0.15) is 0 Å². The first-order valence-electron chi connectivity index (χ1n) is 11.5. The molecular formula is C22H47N3O. The summed E-state index contributed by atoms with van der Waals surface area (Å²) < 4.78 is 0. The molecule has 0 heterocycles. The monoisotopic (exact) mass is 369 g/mol. The summed E-state index contributed by atoms with van der Waals surface area (Å²) in [6, 6.07) is -0.367. The summed E-state index contributed by atoms with van der Waals surface area (Å²) >= 11 is 0. The molecule has 1 amide bonds. The second-order valence-electron chi connectivity index (χ2n) is 7.78. The first-order chi connectivity index (χ1) is 12.7. The standard InChI is InChI=1S/C22H47N3O/c1-2-3-4-5-6-7-8-9-10-11-12-13-14-17-20-25-22(26)21(24)18-15-16-19-23/h21H,2-20,23-24H2,1H3,(H,25,26)/t21-/m0/s1. The topological polar surface area (TPSA) is 81.1 Å². The van der Waals surface area contributed by atoms with Gasteiger partial charge in [-0.05, 0) is 25.8 Å². The van der Waals surface area contributed by atoms with Gasteiger partial charge in [-0.1, -0.05) is 96.8 Å². The van der Waals surface area contributed by atoms with Crippen LogP contribution in [0, 0.1) is 0 Å². The summed E-state index contributed by atoms with van der Waals surface area (Å²) in [6.45, 7) is 3.71. The normalized spacial score (nSPS) is 12.3. The molecule has 0 rings (SSSR count). The van der Waals surface area contributed by atoms with Gasteiger partial charge in [0.15, 0.2) is 0 Å². The molecule has 26 heavy (non-hydrogen) atoms. The predicted octanol–water partition coefficient (Wildman–Crippen LogP) is 5.04. The van der Waals surface area contributed by atoms with E-state index in [0.29, 0.717) is 6.54 Å². The lowest BCUT2D eigenvalue weighted by Gasteiger charge is -2.11. The minimum atomic E-state index is -0.367. The fourth-order valence-corrected chi connectivity index (χ4v) is 3.30. The maximum Gasteiger partial charge on any atom is 0.236 e. The number of hydrogen-bond donors (Lipinski definition) is 3. The molecule has 4 heteroatoms. The Bertz CT molecular complexity index is 297. The number of carbonyl (C=O) groups excluding carboxylic acids is 1. The zero-order valence-corrected chi connectivity index (χ0v) is 17.6. The van der Waals surface area contributed by atoms with Crippen molar-refractivity contribution in [2.45, 2.75) is 122 Å². The Morgan fingerprint density at radius 3 is 1.65 bits per heavy atom. The number of carbonyl (C=O) groups is 1. The van der Waals surface area contributed by atoms with Crippen molar-refractivity contribution in [1.82, 2.24) is 5.32 Å². The minimum Gasteiger partial charge on any atom is -0.355 e. The second kappa shape index (κ2) is 20.7. The van der Waals surface area contributed by atoms with Crippen molar-refractivity contribution in [2.24, 2.45) is 11.5 Å². The summed E-state index contributed by atoms with van der Waals surface area (Å²) in [5, 5.41) is 2.96. The van der Waals surface area contributed by atoms with Crippen molar-refractivity contribution in [3.63, 3.8) is 0 Å². The molecule has 5 N–H and O–H groups in total. The van der Waals surface area contributed by atoms with Crippen molar-refractivity contribution in [1.29, 1.82) is 0 Å². The highest BCUT2D eigenvalue weighted by Gasteiger charge is 2.11. The van der Waals surface area contributed by atoms with Gasteiger partial charge in [-0.3, -0.25) is 4.79 Å². The van der Waals surface area contributed by atoms with Crippen LogP contribution in [0.5, 0.6) is 0 Å². The highest BCUT2D eigenvalue weighted by atomic mass is 16.2. The smallest absolute Gasteiger partial charge is 0.236 e. The van der Waals surface area contributed by atoms with Crippen molar-refractivity contribution >= 4 is 5.91 Å². The summed E-state index contributed by atoms with van der Waals surface area (Å²) in [6.07, 6.45) is 21.6. The average molecular weight is 370 g/mol. The lowest BCUT2D eigenvalue weighted by atomic mass is 10.0. The second-order valence-corrected chi connectivity index (χ2v) is 7.78. The van der Waals surface area contributed by atoms with E-state index in [9.17, 15) is 4.79 Å². The zero-order valence-electron chi connectivity index (χ0n) is 17.6.